The van der Waals surface area contributed by atoms with E-state index in [9.17, 15) is 4.79 Å². The maximum absolute atomic E-state index is 12.1. The molecule has 0 unspecified atom stereocenters. The van der Waals surface area contributed by atoms with Crippen LogP contribution in [0.15, 0.2) is 18.2 Å². The van der Waals surface area contributed by atoms with Gasteiger partial charge in [-0.1, -0.05) is 6.07 Å². The van der Waals surface area contributed by atoms with Gasteiger partial charge in [0.2, 0.25) is 0 Å². The van der Waals surface area contributed by atoms with Crippen LogP contribution in [-0.4, -0.2) is 23.1 Å². The quantitative estimate of drug-likeness (QED) is 0.911. The highest BCUT2D eigenvalue weighted by Crippen LogP contribution is 2.20. The summed E-state index contributed by atoms with van der Waals surface area (Å²) in [7, 11) is 1.51. The van der Waals surface area contributed by atoms with E-state index in [1.54, 1.807) is 13.8 Å². The lowest BCUT2D eigenvalue weighted by atomic mass is 10.1. The Kier molecular flexibility index (Phi) is 4.60. The summed E-state index contributed by atoms with van der Waals surface area (Å²) in [4.78, 5) is 20.5. The summed E-state index contributed by atoms with van der Waals surface area (Å²) in [6.07, 6.45) is 0. The molecule has 0 bridgehead atoms. The molecule has 2 amide bonds. The van der Waals surface area contributed by atoms with E-state index in [4.69, 9.17) is 4.74 Å². The number of amides is 2. The van der Waals surface area contributed by atoms with E-state index >= 15 is 0 Å². The van der Waals surface area contributed by atoms with Crippen molar-refractivity contribution in [1.29, 1.82) is 0 Å². The first-order valence-corrected chi connectivity index (χ1v) is 6.95. The summed E-state index contributed by atoms with van der Waals surface area (Å²) in [5, 5.41) is 5.59. The lowest BCUT2D eigenvalue weighted by molar-refractivity contribution is 0.262. The smallest absolute Gasteiger partial charge is 0.323 e. The van der Waals surface area contributed by atoms with Crippen molar-refractivity contribution in [3.05, 3.63) is 40.7 Å². The van der Waals surface area contributed by atoms with E-state index in [1.807, 2.05) is 32.0 Å². The second kappa shape index (κ2) is 6.43. The average molecular weight is 300 g/mol. The zero-order chi connectivity index (χ0) is 16.3. The summed E-state index contributed by atoms with van der Waals surface area (Å²) in [6, 6.07) is 5.72. The number of nitrogens with one attached hydrogen (secondary N) is 2. The zero-order valence-electron chi connectivity index (χ0n) is 13.4. The predicted octanol–water partition coefficient (Wildman–Crippen LogP) is 3.36. The van der Waals surface area contributed by atoms with Crippen molar-refractivity contribution in [2.75, 3.05) is 17.7 Å². The third-order valence-corrected chi connectivity index (χ3v) is 3.44. The van der Waals surface area contributed by atoms with E-state index in [-0.39, 0.29) is 12.0 Å². The molecule has 0 saturated heterocycles. The molecule has 2 N–H and O–H groups in total. The molecule has 22 heavy (non-hydrogen) atoms. The van der Waals surface area contributed by atoms with E-state index < -0.39 is 0 Å². The van der Waals surface area contributed by atoms with Crippen molar-refractivity contribution in [3.8, 4) is 6.01 Å². The van der Waals surface area contributed by atoms with E-state index in [0.29, 0.717) is 17.1 Å². The van der Waals surface area contributed by atoms with Crippen LogP contribution in [0.5, 0.6) is 6.01 Å². The van der Waals surface area contributed by atoms with Gasteiger partial charge in [0.25, 0.3) is 0 Å². The molecule has 0 fully saturated rings. The number of hydrogen-bond acceptors (Lipinski definition) is 4. The number of rotatable bonds is 3. The molecule has 0 aliphatic rings. The number of methoxy groups -OCH3 is 1. The summed E-state index contributed by atoms with van der Waals surface area (Å²) in [5.41, 5.74) is 4.94. The number of carbonyl (C=O) groups is 1. The van der Waals surface area contributed by atoms with Crippen molar-refractivity contribution in [2.24, 2.45) is 0 Å². The van der Waals surface area contributed by atoms with E-state index in [2.05, 4.69) is 20.6 Å². The van der Waals surface area contributed by atoms with Gasteiger partial charge in [-0.15, -0.1) is 0 Å². The van der Waals surface area contributed by atoms with Crippen LogP contribution in [0.4, 0.5) is 16.2 Å². The molecular formula is C16H20N4O2. The summed E-state index contributed by atoms with van der Waals surface area (Å²) < 4.78 is 5.01. The van der Waals surface area contributed by atoms with Gasteiger partial charge in [0.15, 0.2) is 0 Å². The van der Waals surface area contributed by atoms with Crippen molar-refractivity contribution < 1.29 is 9.53 Å². The summed E-state index contributed by atoms with van der Waals surface area (Å²) >= 11 is 0. The number of anilines is 2. The Morgan fingerprint density at radius 3 is 2.18 bits per heavy atom. The van der Waals surface area contributed by atoms with Gasteiger partial charge in [0, 0.05) is 5.69 Å². The van der Waals surface area contributed by atoms with E-state index in [0.717, 1.165) is 11.3 Å². The SMILES string of the molecule is COc1nc(C)c(NC(=O)Nc2ccc(C)c(C)c2)c(C)n1. The molecule has 6 nitrogen and oxygen atoms in total. The third-order valence-electron chi connectivity index (χ3n) is 3.44. The first-order valence-electron chi connectivity index (χ1n) is 6.95. The molecule has 0 spiro atoms. The topological polar surface area (TPSA) is 76.1 Å². The first kappa shape index (κ1) is 15.8. The van der Waals surface area contributed by atoms with Gasteiger partial charge < -0.3 is 15.4 Å². The molecule has 6 heteroatoms. The van der Waals surface area contributed by atoms with Gasteiger partial charge >= 0.3 is 12.0 Å². The minimum Gasteiger partial charge on any atom is -0.467 e. The second-order valence-corrected chi connectivity index (χ2v) is 5.13. The molecule has 116 valence electrons. The number of ether oxygens (including phenoxy) is 1. The molecule has 0 aliphatic heterocycles. The van der Waals surface area contributed by atoms with E-state index in [1.165, 1.54) is 12.7 Å². The van der Waals surface area contributed by atoms with Gasteiger partial charge in [-0.3, -0.25) is 0 Å². The van der Waals surface area contributed by atoms with Crippen LogP contribution in [0, 0.1) is 27.7 Å². The Morgan fingerprint density at radius 2 is 1.64 bits per heavy atom. The van der Waals surface area contributed by atoms with Crippen LogP contribution < -0.4 is 15.4 Å². The lowest BCUT2D eigenvalue weighted by Gasteiger charge is -2.13. The first-order chi connectivity index (χ1) is 10.4. The predicted molar refractivity (Wildman–Crippen MR) is 86.6 cm³/mol. The highest BCUT2D eigenvalue weighted by atomic mass is 16.5. The van der Waals surface area contributed by atoms with Gasteiger partial charge in [-0.25, -0.2) is 4.79 Å². The van der Waals surface area contributed by atoms with Gasteiger partial charge in [-0.2, -0.15) is 9.97 Å². The summed E-state index contributed by atoms with van der Waals surface area (Å²) in [6.45, 7) is 7.62. The van der Waals surface area contributed by atoms with Crippen molar-refractivity contribution in [3.63, 3.8) is 0 Å². The van der Waals surface area contributed by atoms with Crippen LogP contribution in [0.2, 0.25) is 0 Å². The number of carbonyl (C=O) groups excluding carboxylic acids is 1. The average Bonchev–Trinajstić information content (AvgIpc) is 2.46. The highest BCUT2D eigenvalue weighted by molar-refractivity contribution is 6.00. The second-order valence-electron chi connectivity index (χ2n) is 5.13. The molecular weight excluding hydrogens is 280 g/mol. The third kappa shape index (κ3) is 3.52. The van der Waals surface area contributed by atoms with Crippen LogP contribution >= 0.6 is 0 Å². The van der Waals surface area contributed by atoms with Gasteiger partial charge in [0.05, 0.1) is 24.2 Å². The van der Waals surface area contributed by atoms with Crippen LogP contribution in [0.3, 0.4) is 0 Å². The Hall–Kier alpha value is -2.63. The number of benzene rings is 1. The van der Waals surface area contributed by atoms with Crippen molar-refractivity contribution in [1.82, 2.24) is 9.97 Å². The minimum atomic E-state index is -0.330. The lowest BCUT2D eigenvalue weighted by Crippen LogP contribution is -2.21. The maximum Gasteiger partial charge on any atom is 0.323 e. The van der Waals surface area contributed by atoms with Crippen molar-refractivity contribution in [2.45, 2.75) is 27.7 Å². The Morgan fingerprint density at radius 1 is 1.00 bits per heavy atom. The number of aryl methyl sites for hydroxylation is 4. The number of urea groups is 1. The molecule has 0 saturated carbocycles. The number of nitrogens with zero attached hydrogens (tertiary/aromatic N) is 2. The molecule has 0 aliphatic carbocycles. The van der Waals surface area contributed by atoms with Gasteiger partial charge in [-0.05, 0) is 51.0 Å². The highest BCUT2D eigenvalue weighted by Gasteiger charge is 2.12. The Bertz CT molecular complexity index is 690. The molecule has 2 rings (SSSR count). The fourth-order valence-corrected chi connectivity index (χ4v) is 2.05. The normalized spacial score (nSPS) is 10.2. The molecule has 1 aromatic carbocycles. The minimum absolute atomic E-state index is 0.287. The van der Waals surface area contributed by atoms with Crippen molar-refractivity contribution >= 4 is 17.4 Å². The van der Waals surface area contributed by atoms with Gasteiger partial charge in [0.1, 0.15) is 0 Å². The Balaban J connectivity index is 2.13. The molecule has 0 radical (unpaired) electrons. The Labute approximate surface area is 129 Å². The fourth-order valence-electron chi connectivity index (χ4n) is 2.05. The van der Waals surface area contributed by atoms with Crippen LogP contribution in [0.1, 0.15) is 22.5 Å². The van der Waals surface area contributed by atoms with Crippen LogP contribution in [0.25, 0.3) is 0 Å². The summed E-state index contributed by atoms with van der Waals surface area (Å²) in [5.74, 6) is 0. The molecule has 1 heterocycles. The maximum atomic E-state index is 12.1. The molecule has 0 atom stereocenters. The molecule has 1 aromatic heterocycles. The zero-order valence-corrected chi connectivity index (χ0v) is 13.4. The van der Waals surface area contributed by atoms with Crippen LogP contribution in [-0.2, 0) is 0 Å². The number of aromatic nitrogens is 2. The molecule has 2 aromatic rings. The monoisotopic (exact) mass is 300 g/mol. The standard InChI is InChI=1S/C16H20N4O2/c1-9-6-7-13(8-10(9)2)19-15(21)20-14-11(3)17-16(22-5)18-12(14)4/h6-8H,1-5H3,(H2,19,20,21). The largest absolute Gasteiger partial charge is 0.467 e. The number of hydrogen-bond donors (Lipinski definition) is 2. The fraction of sp³-hybridized carbons (Fsp3) is 0.312.